The molecule has 0 fully saturated rings. The number of anilines is 1. The minimum Gasteiger partial charge on any atom is -0.493 e. The number of benzene rings is 3. The molecule has 0 heterocycles. The Hall–Kier alpha value is -3.18. The zero-order valence-electron chi connectivity index (χ0n) is 23.7. The summed E-state index contributed by atoms with van der Waals surface area (Å²) in [5.74, 6) is -0.577. The molecule has 0 bridgehead atoms. The predicted molar refractivity (Wildman–Crippen MR) is 165 cm³/mol. The van der Waals surface area contributed by atoms with Crippen LogP contribution in [-0.2, 0) is 26.2 Å². The molecule has 9 nitrogen and oxygen atoms in total. The smallest absolute Gasteiger partial charge is 0.264 e. The fraction of sp³-hybridized carbons (Fsp3) is 0.310. The third-order valence-corrected chi connectivity index (χ3v) is 9.05. The fourth-order valence-corrected chi connectivity index (χ4v) is 6.15. The van der Waals surface area contributed by atoms with Crippen LogP contribution in [0.1, 0.15) is 26.3 Å². The Bertz CT molecular complexity index is 1510. The summed E-state index contributed by atoms with van der Waals surface area (Å²) < 4.78 is 39.6. The first-order valence-corrected chi connectivity index (χ1v) is 15.4. The number of nitrogens with one attached hydrogen (secondary N) is 1. The lowest BCUT2D eigenvalue weighted by atomic mass is 10.1. The summed E-state index contributed by atoms with van der Waals surface area (Å²) in [5, 5.41) is 3.76. The number of hydrogen-bond acceptors (Lipinski definition) is 6. The van der Waals surface area contributed by atoms with Gasteiger partial charge < -0.3 is 19.7 Å². The van der Waals surface area contributed by atoms with Gasteiger partial charge in [-0.3, -0.25) is 13.9 Å². The van der Waals surface area contributed by atoms with Gasteiger partial charge in [0.1, 0.15) is 12.6 Å². The second-order valence-corrected chi connectivity index (χ2v) is 12.7. The Balaban J connectivity index is 2.10. The van der Waals surface area contributed by atoms with E-state index in [2.05, 4.69) is 5.32 Å². The topological polar surface area (TPSA) is 105 Å². The van der Waals surface area contributed by atoms with Crippen molar-refractivity contribution in [1.82, 2.24) is 10.2 Å². The van der Waals surface area contributed by atoms with Crippen LogP contribution in [0.15, 0.2) is 65.6 Å². The van der Waals surface area contributed by atoms with Crippen LogP contribution in [0.3, 0.4) is 0 Å². The molecule has 0 unspecified atom stereocenters. The van der Waals surface area contributed by atoms with E-state index in [0.717, 1.165) is 4.31 Å². The Morgan fingerprint density at radius 2 is 1.48 bits per heavy atom. The van der Waals surface area contributed by atoms with Gasteiger partial charge in [0.25, 0.3) is 10.0 Å². The van der Waals surface area contributed by atoms with Crippen LogP contribution >= 0.6 is 34.8 Å². The summed E-state index contributed by atoms with van der Waals surface area (Å²) in [6.07, 6.45) is 0. The summed E-state index contributed by atoms with van der Waals surface area (Å²) in [6.45, 7) is 4.34. The van der Waals surface area contributed by atoms with Gasteiger partial charge in [-0.05, 0) is 69.3 Å². The summed E-state index contributed by atoms with van der Waals surface area (Å²) in [7, 11) is -1.54. The number of sulfonamides is 1. The van der Waals surface area contributed by atoms with E-state index in [1.165, 1.54) is 61.6 Å². The molecule has 3 aromatic rings. The summed E-state index contributed by atoms with van der Waals surface area (Å²) in [6, 6.07) is 13.8. The number of amides is 2. The van der Waals surface area contributed by atoms with Gasteiger partial charge in [0, 0.05) is 39.3 Å². The van der Waals surface area contributed by atoms with Crippen molar-refractivity contribution in [2.75, 3.05) is 25.1 Å². The number of halogens is 3. The van der Waals surface area contributed by atoms with Gasteiger partial charge in [0.2, 0.25) is 11.8 Å². The number of nitrogens with zero attached hydrogens (tertiary/aromatic N) is 2. The number of carbonyl (C=O) groups is 2. The maximum atomic E-state index is 14.1. The third-order valence-electron chi connectivity index (χ3n) is 6.32. The lowest BCUT2D eigenvalue weighted by Gasteiger charge is -2.32. The monoisotopic (exact) mass is 655 g/mol. The van der Waals surface area contributed by atoms with E-state index < -0.39 is 34.4 Å². The van der Waals surface area contributed by atoms with Gasteiger partial charge in [-0.25, -0.2) is 8.42 Å². The normalized spacial score (nSPS) is 12.0. The molecule has 13 heteroatoms. The third kappa shape index (κ3) is 7.80. The molecule has 1 N–H and O–H groups in total. The molecule has 2 amide bonds. The second kappa shape index (κ2) is 14.3. The van der Waals surface area contributed by atoms with Crippen LogP contribution in [0.4, 0.5) is 5.69 Å². The highest BCUT2D eigenvalue weighted by Gasteiger charge is 2.33. The Morgan fingerprint density at radius 3 is 2.02 bits per heavy atom. The van der Waals surface area contributed by atoms with Crippen LogP contribution < -0.4 is 19.1 Å². The van der Waals surface area contributed by atoms with Crippen molar-refractivity contribution in [3.63, 3.8) is 0 Å². The van der Waals surface area contributed by atoms with E-state index in [9.17, 15) is 18.0 Å². The molecule has 226 valence electrons. The summed E-state index contributed by atoms with van der Waals surface area (Å²) >= 11 is 18.9. The van der Waals surface area contributed by atoms with Crippen LogP contribution in [0, 0.1) is 0 Å². The predicted octanol–water partition coefficient (Wildman–Crippen LogP) is 5.80. The van der Waals surface area contributed by atoms with E-state index in [4.69, 9.17) is 44.3 Å². The Morgan fingerprint density at radius 1 is 0.881 bits per heavy atom. The van der Waals surface area contributed by atoms with Crippen molar-refractivity contribution in [3.8, 4) is 11.5 Å². The van der Waals surface area contributed by atoms with Gasteiger partial charge in [-0.15, -0.1) is 0 Å². The molecule has 0 aliphatic heterocycles. The lowest BCUT2D eigenvalue weighted by Crippen LogP contribution is -2.52. The quantitative estimate of drug-likeness (QED) is 0.264. The molecule has 0 aliphatic rings. The SMILES string of the molecule is COc1ccc(S(=O)(=O)N(CC(=O)N(Cc2c(Cl)cccc2Cl)[C@H](C)C(=O)NC(C)C)c2ccc(Cl)cc2)cc1OC. The second-order valence-electron chi connectivity index (χ2n) is 9.57. The summed E-state index contributed by atoms with van der Waals surface area (Å²) in [5.41, 5.74) is 0.594. The van der Waals surface area contributed by atoms with Gasteiger partial charge in [0.15, 0.2) is 11.5 Å². The number of carbonyl (C=O) groups excluding carboxylic acids is 2. The Kier molecular flexibility index (Phi) is 11.4. The molecule has 3 rings (SSSR count). The van der Waals surface area contributed by atoms with Gasteiger partial charge >= 0.3 is 0 Å². The molecule has 0 aliphatic carbocycles. The summed E-state index contributed by atoms with van der Waals surface area (Å²) in [4.78, 5) is 28.2. The molecule has 1 atom stereocenters. The first-order chi connectivity index (χ1) is 19.8. The molecular formula is C29H32Cl3N3O6S. The van der Waals surface area contributed by atoms with Crippen LogP contribution in [0.25, 0.3) is 0 Å². The zero-order chi connectivity index (χ0) is 31.2. The van der Waals surface area contributed by atoms with Crippen LogP contribution in [0.2, 0.25) is 15.1 Å². The zero-order valence-corrected chi connectivity index (χ0v) is 26.8. The number of ether oxygens (including phenoxy) is 2. The van der Waals surface area contributed by atoms with Gasteiger partial charge in [-0.2, -0.15) is 0 Å². The molecule has 0 saturated heterocycles. The van der Waals surface area contributed by atoms with Crippen LogP contribution in [-0.4, -0.2) is 58.0 Å². The van der Waals surface area contributed by atoms with Crippen molar-refractivity contribution in [1.29, 1.82) is 0 Å². The van der Waals surface area contributed by atoms with Gasteiger partial charge in [-0.1, -0.05) is 40.9 Å². The number of methoxy groups -OCH3 is 2. The highest BCUT2D eigenvalue weighted by atomic mass is 35.5. The van der Waals surface area contributed by atoms with Crippen molar-refractivity contribution in [2.45, 2.75) is 44.3 Å². The minimum atomic E-state index is -4.35. The van der Waals surface area contributed by atoms with E-state index in [-0.39, 0.29) is 28.9 Å². The number of rotatable bonds is 12. The largest absolute Gasteiger partial charge is 0.493 e. The molecule has 3 aromatic carbocycles. The maximum absolute atomic E-state index is 14.1. The van der Waals surface area contributed by atoms with Crippen molar-refractivity contribution >= 4 is 62.3 Å². The van der Waals surface area contributed by atoms with Crippen molar-refractivity contribution < 1.29 is 27.5 Å². The number of hydrogen-bond donors (Lipinski definition) is 1. The van der Waals surface area contributed by atoms with Crippen LogP contribution in [0.5, 0.6) is 11.5 Å². The van der Waals surface area contributed by atoms with Crippen molar-refractivity contribution in [3.05, 3.63) is 81.3 Å². The highest BCUT2D eigenvalue weighted by molar-refractivity contribution is 7.92. The molecule has 0 radical (unpaired) electrons. The average molecular weight is 657 g/mol. The molecule has 0 spiro atoms. The molecule has 42 heavy (non-hydrogen) atoms. The molecule has 0 saturated carbocycles. The first kappa shape index (κ1) is 33.3. The Labute approximate surface area is 261 Å². The standard InChI is InChI=1S/C29H32Cl3N3O6S/c1-18(2)33-29(37)19(3)34(16-23-24(31)7-6-8-25(23)32)28(36)17-35(21-11-9-20(30)10-12-21)42(38,39)22-13-14-26(40-4)27(15-22)41-5/h6-15,18-19H,16-17H2,1-5H3,(H,33,37)/t19-/m1/s1. The van der Waals surface area contributed by atoms with Gasteiger partial charge in [0.05, 0.1) is 24.8 Å². The van der Waals surface area contributed by atoms with E-state index in [0.29, 0.717) is 26.4 Å². The highest BCUT2D eigenvalue weighted by Crippen LogP contribution is 2.33. The molecular weight excluding hydrogens is 625 g/mol. The van der Waals surface area contributed by atoms with Crippen molar-refractivity contribution in [2.24, 2.45) is 0 Å². The minimum absolute atomic E-state index is 0.144. The van der Waals surface area contributed by atoms with E-state index >= 15 is 0 Å². The maximum Gasteiger partial charge on any atom is 0.264 e. The fourth-order valence-electron chi connectivity index (χ4n) is 4.08. The molecule has 0 aromatic heterocycles. The van der Waals surface area contributed by atoms with E-state index in [1.807, 2.05) is 0 Å². The first-order valence-electron chi connectivity index (χ1n) is 12.8. The average Bonchev–Trinajstić information content (AvgIpc) is 2.95. The van der Waals surface area contributed by atoms with E-state index in [1.54, 1.807) is 39.0 Å². The lowest BCUT2D eigenvalue weighted by molar-refractivity contribution is -0.139.